The van der Waals surface area contributed by atoms with Gasteiger partial charge in [-0.1, -0.05) is 12.1 Å². The SMILES string of the molecule is Nc1n[nH]c2ccccc12.O=C(O)O. The number of benzene rings is 1. The van der Waals surface area contributed by atoms with Gasteiger partial charge in [0.15, 0.2) is 5.82 Å². The normalized spacial score (nSPS) is 9.14. The van der Waals surface area contributed by atoms with E-state index in [0.717, 1.165) is 10.9 Å². The van der Waals surface area contributed by atoms with Crippen molar-refractivity contribution in [2.45, 2.75) is 0 Å². The number of para-hydroxylation sites is 1. The second-order valence-corrected chi connectivity index (χ2v) is 2.44. The Morgan fingerprint density at radius 1 is 1.36 bits per heavy atom. The number of nitrogens with two attached hydrogens (primary N) is 1. The summed E-state index contributed by atoms with van der Waals surface area (Å²) in [5.74, 6) is 0.565. The second kappa shape index (κ2) is 4.13. The molecule has 1 aromatic carbocycles. The first kappa shape index (κ1) is 9.85. The van der Waals surface area contributed by atoms with Gasteiger partial charge in [-0.25, -0.2) is 4.79 Å². The van der Waals surface area contributed by atoms with Crippen molar-refractivity contribution in [3.8, 4) is 0 Å². The number of aromatic nitrogens is 2. The van der Waals surface area contributed by atoms with Crippen LogP contribution in [0.3, 0.4) is 0 Å². The molecule has 5 N–H and O–H groups in total. The number of nitrogens with one attached hydrogen (secondary N) is 1. The molecule has 74 valence electrons. The minimum atomic E-state index is -1.83. The molecule has 0 aliphatic heterocycles. The van der Waals surface area contributed by atoms with Gasteiger partial charge in [0.25, 0.3) is 0 Å². The fourth-order valence-electron chi connectivity index (χ4n) is 0.985. The minimum absolute atomic E-state index is 0.565. The monoisotopic (exact) mass is 195 g/mol. The van der Waals surface area contributed by atoms with Crippen molar-refractivity contribution < 1.29 is 15.0 Å². The number of anilines is 1. The summed E-state index contributed by atoms with van der Waals surface area (Å²) in [5, 5.41) is 21.6. The quantitative estimate of drug-likeness (QED) is 0.507. The molecule has 0 bridgehead atoms. The molecule has 0 amide bonds. The maximum atomic E-state index is 8.56. The zero-order valence-electron chi connectivity index (χ0n) is 7.14. The molecule has 0 atom stereocenters. The van der Waals surface area contributed by atoms with Gasteiger partial charge in [0, 0.05) is 5.39 Å². The molecule has 0 saturated heterocycles. The Hall–Kier alpha value is -2.24. The van der Waals surface area contributed by atoms with Crippen LogP contribution in [0.5, 0.6) is 0 Å². The number of nitrogen functional groups attached to an aromatic ring is 1. The first-order valence-electron chi connectivity index (χ1n) is 3.71. The van der Waals surface area contributed by atoms with E-state index < -0.39 is 6.16 Å². The number of nitrogens with zero attached hydrogens (tertiary/aromatic N) is 1. The van der Waals surface area contributed by atoms with Crippen molar-refractivity contribution in [3.63, 3.8) is 0 Å². The van der Waals surface area contributed by atoms with Crippen molar-refractivity contribution >= 4 is 22.9 Å². The largest absolute Gasteiger partial charge is 0.503 e. The van der Waals surface area contributed by atoms with Crippen molar-refractivity contribution in [2.75, 3.05) is 5.73 Å². The molecule has 1 aromatic heterocycles. The lowest BCUT2D eigenvalue weighted by Crippen LogP contribution is -1.82. The molecule has 0 aliphatic rings. The van der Waals surface area contributed by atoms with E-state index in [2.05, 4.69) is 10.2 Å². The summed E-state index contributed by atoms with van der Waals surface area (Å²) in [6, 6.07) is 7.76. The molecule has 6 nitrogen and oxygen atoms in total. The molecule has 0 unspecified atom stereocenters. The van der Waals surface area contributed by atoms with Crippen LogP contribution in [0.15, 0.2) is 24.3 Å². The first-order chi connectivity index (χ1) is 6.61. The summed E-state index contributed by atoms with van der Waals surface area (Å²) in [6.45, 7) is 0. The van der Waals surface area contributed by atoms with Gasteiger partial charge < -0.3 is 15.9 Å². The van der Waals surface area contributed by atoms with E-state index in [1.807, 2.05) is 24.3 Å². The number of rotatable bonds is 0. The average Bonchev–Trinajstić information content (AvgIpc) is 2.48. The molecule has 2 rings (SSSR count). The fourth-order valence-corrected chi connectivity index (χ4v) is 0.985. The molecule has 0 saturated carbocycles. The van der Waals surface area contributed by atoms with Crippen LogP contribution < -0.4 is 5.73 Å². The van der Waals surface area contributed by atoms with E-state index in [-0.39, 0.29) is 0 Å². The van der Waals surface area contributed by atoms with Crippen molar-refractivity contribution in [1.29, 1.82) is 0 Å². The van der Waals surface area contributed by atoms with Crippen LogP contribution in [-0.4, -0.2) is 26.6 Å². The highest BCUT2D eigenvalue weighted by atomic mass is 16.6. The number of H-pyrrole nitrogens is 1. The van der Waals surface area contributed by atoms with Gasteiger partial charge in [0.2, 0.25) is 0 Å². The fraction of sp³-hybridized carbons (Fsp3) is 0. The third-order valence-corrected chi connectivity index (χ3v) is 1.50. The first-order valence-corrected chi connectivity index (χ1v) is 3.71. The minimum Gasteiger partial charge on any atom is -0.450 e. The number of fused-ring (bicyclic) bond motifs is 1. The number of aromatic amines is 1. The van der Waals surface area contributed by atoms with E-state index in [4.69, 9.17) is 20.7 Å². The molecule has 1 heterocycles. The van der Waals surface area contributed by atoms with Crippen LogP contribution in [0, 0.1) is 0 Å². The van der Waals surface area contributed by atoms with Crippen LogP contribution in [-0.2, 0) is 0 Å². The maximum absolute atomic E-state index is 8.56. The van der Waals surface area contributed by atoms with Crippen molar-refractivity contribution in [2.24, 2.45) is 0 Å². The van der Waals surface area contributed by atoms with Gasteiger partial charge in [-0.05, 0) is 12.1 Å². The van der Waals surface area contributed by atoms with Crippen LogP contribution in [0.4, 0.5) is 10.6 Å². The molecule has 0 fully saturated rings. The summed E-state index contributed by atoms with van der Waals surface area (Å²) in [5.41, 5.74) is 6.52. The summed E-state index contributed by atoms with van der Waals surface area (Å²) in [7, 11) is 0. The second-order valence-electron chi connectivity index (χ2n) is 2.44. The van der Waals surface area contributed by atoms with Crippen LogP contribution >= 0.6 is 0 Å². The van der Waals surface area contributed by atoms with Gasteiger partial charge in [0.05, 0.1) is 5.52 Å². The van der Waals surface area contributed by atoms with Gasteiger partial charge in [-0.2, -0.15) is 5.10 Å². The summed E-state index contributed by atoms with van der Waals surface area (Å²) in [4.78, 5) is 8.56. The molecule has 0 aliphatic carbocycles. The molecule has 2 aromatic rings. The van der Waals surface area contributed by atoms with E-state index >= 15 is 0 Å². The van der Waals surface area contributed by atoms with E-state index in [9.17, 15) is 0 Å². The highest BCUT2D eigenvalue weighted by Crippen LogP contribution is 2.15. The molecular formula is C8H9N3O3. The Balaban J connectivity index is 0.000000213. The van der Waals surface area contributed by atoms with Crippen molar-refractivity contribution in [1.82, 2.24) is 10.2 Å². The van der Waals surface area contributed by atoms with E-state index in [1.165, 1.54) is 0 Å². The Bertz CT molecular complexity index is 434. The third-order valence-electron chi connectivity index (χ3n) is 1.50. The van der Waals surface area contributed by atoms with Crippen molar-refractivity contribution in [3.05, 3.63) is 24.3 Å². The maximum Gasteiger partial charge on any atom is 0.503 e. The lowest BCUT2D eigenvalue weighted by Gasteiger charge is -1.84. The third kappa shape index (κ3) is 2.37. The molecule has 0 radical (unpaired) electrons. The molecular weight excluding hydrogens is 186 g/mol. The Labute approximate surface area is 79.0 Å². The molecule has 6 heteroatoms. The highest BCUT2D eigenvalue weighted by Gasteiger charge is 1.97. The standard InChI is InChI=1S/C7H7N3.CH2O3/c8-7-5-3-1-2-4-6(5)9-10-7;2-1(3)4/h1-4H,(H3,8,9,10);(H2,2,3,4). The Kier molecular flexibility index (Phi) is 2.90. The van der Waals surface area contributed by atoms with E-state index in [0.29, 0.717) is 5.82 Å². The lowest BCUT2D eigenvalue weighted by molar-refractivity contribution is 0.137. The van der Waals surface area contributed by atoms with Gasteiger partial charge in [0.1, 0.15) is 0 Å². The van der Waals surface area contributed by atoms with E-state index in [1.54, 1.807) is 0 Å². The number of carboxylic acid groups (broad SMARTS) is 2. The summed E-state index contributed by atoms with van der Waals surface area (Å²) < 4.78 is 0. The van der Waals surface area contributed by atoms with Crippen LogP contribution in [0.25, 0.3) is 10.9 Å². The Morgan fingerprint density at radius 3 is 2.50 bits per heavy atom. The smallest absolute Gasteiger partial charge is 0.450 e. The predicted molar refractivity (Wildman–Crippen MR) is 51.2 cm³/mol. The van der Waals surface area contributed by atoms with Crippen LogP contribution in [0.1, 0.15) is 0 Å². The topological polar surface area (TPSA) is 112 Å². The average molecular weight is 195 g/mol. The zero-order valence-corrected chi connectivity index (χ0v) is 7.14. The predicted octanol–water partition coefficient (Wildman–Crippen LogP) is 1.37. The van der Waals surface area contributed by atoms with Gasteiger partial charge in [-0.15, -0.1) is 0 Å². The number of carbonyl (C=O) groups is 1. The number of hydrogen-bond donors (Lipinski definition) is 4. The zero-order chi connectivity index (χ0) is 10.6. The Morgan fingerprint density at radius 2 is 1.93 bits per heavy atom. The van der Waals surface area contributed by atoms with Gasteiger partial charge in [-0.3, -0.25) is 5.10 Å². The van der Waals surface area contributed by atoms with Crippen LogP contribution in [0.2, 0.25) is 0 Å². The lowest BCUT2D eigenvalue weighted by atomic mass is 10.2. The highest BCUT2D eigenvalue weighted by molar-refractivity contribution is 5.88. The van der Waals surface area contributed by atoms with Gasteiger partial charge >= 0.3 is 6.16 Å². The number of hydrogen-bond acceptors (Lipinski definition) is 3. The summed E-state index contributed by atoms with van der Waals surface area (Å²) in [6.07, 6.45) is -1.83. The molecule has 14 heavy (non-hydrogen) atoms. The molecule has 0 spiro atoms. The summed E-state index contributed by atoms with van der Waals surface area (Å²) >= 11 is 0.